The lowest BCUT2D eigenvalue weighted by Gasteiger charge is -2.19. The van der Waals surface area contributed by atoms with Crippen LogP contribution in [0.5, 0.6) is 0 Å². The molecule has 0 aliphatic carbocycles. The number of halogens is 1. The molecular weight excluding hydrogens is 396 g/mol. The van der Waals surface area contributed by atoms with E-state index in [2.05, 4.69) is 26.2 Å². The van der Waals surface area contributed by atoms with Gasteiger partial charge in [-0.25, -0.2) is 0 Å². The molecule has 0 saturated carbocycles. The molecule has 1 aromatic heterocycles. The van der Waals surface area contributed by atoms with E-state index in [0.717, 1.165) is 20.5 Å². The van der Waals surface area contributed by atoms with Gasteiger partial charge in [-0.2, -0.15) is 0 Å². The molecule has 1 heterocycles. The molecule has 1 amide bonds. The van der Waals surface area contributed by atoms with Crippen LogP contribution in [0.1, 0.15) is 17.2 Å². The van der Waals surface area contributed by atoms with Crippen molar-refractivity contribution >= 4 is 33.6 Å². The summed E-state index contributed by atoms with van der Waals surface area (Å²) in [5.41, 5.74) is 2.07. The van der Waals surface area contributed by atoms with Crippen molar-refractivity contribution in [3.8, 4) is 0 Å². The van der Waals surface area contributed by atoms with E-state index >= 15 is 0 Å². The van der Waals surface area contributed by atoms with Gasteiger partial charge in [-0.1, -0.05) is 46.3 Å². The molecule has 0 saturated heterocycles. The van der Waals surface area contributed by atoms with Gasteiger partial charge in [0.25, 0.3) is 0 Å². The first-order valence-corrected chi connectivity index (χ1v) is 9.63. The summed E-state index contributed by atoms with van der Waals surface area (Å²) in [7, 11) is 0. The zero-order chi connectivity index (χ0) is 17.5. The highest BCUT2D eigenvalue weighted by Crippen LogP contribution is 2.23. The number of hydrogen-bond donors (Lipinski definition) is 1. The minimum Gasteiger partial charge on any atom is -0.344 e. The van der Waals surface area contributed by atoms with Gasteiger partial charge in [-0.05, 0) is 47.5 Å². The van der Waals surface area contributed by atoms with Crippen molar-refractivity contribution in [1.82, 2.24) is 10.3 Å². The first-order valence-electron chi connectivity index (χ1n) is 7.85. The minimum absolute atomic E-state index is 0.00131. The Morgan fingerprint density at radius 2 is 1.60 bits per heavy atom. The molecule has 3 aromatic rings. The molecule has 0 spiro atoms. The molecule has 1 N–H and O–H groups in total. The molecule has 0 aliphatic rings. The Morgan fingerprint density at radius 1 is 0.960 bits per heavy atom. The Labute approximate surface area is 160 Å². The lowest BCUT2D eigenvalue weighted by atomic mass is 10.00. The molecule has 1 unspecified atom stereocenters. The van der Waals surface area contributed by atoms with Gasteiger partial charge in [0.1, 0.15) is 0 Å². The maximum absolute atomic E-state index is 12.5. The number of rotatable bonds is 6. The molecule has 25 heavy (non-hydrogen) atoms. The lowest BCUT2D eigenvalue weighted by Crippen LogP contribution is -2.30. The van der Waals surface area contributed by atoms with Gasteiger partial charge in [0.2, 0.25) is 5.91 Å². The van der Waals surface area contributed by atoms with E-state index < -0.39 is 0 Å². The number of nitrogens with zero attached hydrogens (tertiary/aromatic N) is 1. The first kappa shape index (κ1) is 17.7. The molecule has 0 fully saturated rings. The normalized spacial score (nSPS) is 11.7. The predicted octanol–water partition coefficient (Wildman–Crippen LogP) is 4.84. The summed E-state index contributed by atoms with van der Waals surface area (Å²) in [5.74, 6) is 0.370. The topological polar surface area (TPSA) is 42.0 Å². The number of benzene rings is 2. The van der Waals surface area contributed by atoms with Crippen molar-refractivity contribution in [2.24, 2.45) is 0 Å². The summed E-state index contributed by atoms with van der Waals surface area (Å²) in [6.07, 6.45) is 3.49. The van der Waals surface area contributed by atoms with Crippen LogP contribution in [0.2, 0.25) is 0 Å². The number of hydrogen-bond acceptors (Lipinski definition) is 3. The molecule has 0 aliphatic heterocycles. The summed E-state index contributed by atoms with van der Waals surface area (Å²) in [4.78, 5) is 17.6. The Balaban J connectivity index is 1.69. The fraction of sp³-hybridized carbons (Fsp3) is 0.100. The van der Waals surface area contributed by atoms with Gasteiger partial charge in [-0.15, -0.1) is 11.8 Å². The van der Waals surface area contributed by atoms with Crippen molar-refractivity contribution in [3.63, 3.8) is 0 Å². The van der Waals surface area contributed by atoms with Crippen LogP contribution in [-0.2, 0) is 4.79 Å². The minimum atomic E-state index is -0.179. The first-order chi connectivity index (χ1) is 12.2. The van der Waals surface area contributed by atoms with Gasteiger partial charge in [0, 0.05) is 21.8 Å². The molecule has 0 bridgehead atoms. The summed E-state index contributed by atoms with van der Waals surface area (Å²) < 4.78 is 1.03. The van der Waals surface area contributed by atoms with E-state index in [1.807, 2.05) is 66.7 Å². The van der Waals surface area contributed by atoms with Gasteiger partial charge in [-0.3, -0.25) is 9.78 Å². The van der Waals surface area contributed by atoms with Crippen molar-refractivity contribution in [2.45, 2.75) is 10.9 Å². The standard InChI is InChI=1S/C20H17BrN2OS/c21-17-6-8-18(9-7-17)25-14-19(24)23-20(15-4-2-1-3-5-15)16-10-12-22-13-11-16/h1-13,20H,14H2,(H,23,24). The van der Waals surface area contributed by atoms with Crippen LogP contribution in [0.25, 0.3) is 0 Å². The van der Waals surface area contributed by atoms with Gasteiger partial charge >= 0.3 is 0 Å². The number of thioether (sulfide) groups is 1. The second kappa shape index (κ2) is 8.83. The van der Waals surface area contributed by atoms with E-state index in [4.69, 9.17) is 0 Å². The van der Waals surface area contributed by atoms with E-state index in [9.17, 15) is 4.79 Å². The Kier molecular flexibility index (Phi) is 6.25. The highest BCUT2D eigenvalue weighted by Gasteiger charge is 2.16. The molecular formula is C20H17BrN2OS. The maximum atomic E-state index is 12.5. The van der Waals surface area contributed by atoms with Crippen molar-refractivity contribution in [3.05, 3.63) is 94.7 Å². The Bertz CT molecular complexity index is 771. The summed E-state index contributed by atoms with van der Waals surface area (Å²) in [6.45, 7) is 0. The van der Waals surface area contributed by atoms with Crippen LogP contribution in [-0.4, -0.2) is 16.6 Å². The quantitative estimate of drug-likeness (QED) is 0.588. The number of pyridine rings is 1. The molecule has 3 nitrogen and oxygen atoms in total. The number of aromatic nitrogens is 1. The molecule has 1 atom stereocenters. The van der Waals surface area contributed by atoms with Crippen LogP contribution in [0.4, 0.5) is 0 Å². The summed E-state index contributed by atoms with van der Waals surface area (Å²) in [6, 6.07) is 21.6. The van der Waals surface area contributed by atoms with Crippen LogP contribution in [0.3, 0.4) is 0 Å². The highest BCUT2D eigenvalue weighted by molar-refractivity contribution is 9.10. The van der Waals surface area contributed by atoms with Crippen LogP contribution in [0, 0.1) is 0 Å². The number of carbonyl (C=O) groups is 1. The molecule has 0 radical (unpaired) electrons. The number of amides is 1. The van der Waals surface area contributed by atoms with Crippen LogP contribution >= 0.6 is 27.7 Å². The largest absolute Gasteiger partial charge is 0.344 e. The monoisotopic (exact) mass is 412 g/mol. The second-order valence-corrected chi connectivity index (χ2v) is 7.40. The predicted molar refractivity (Wildman–Crippen MR) is 106 cm³/mol. The molecule has 2 aromatic carbocycles. The number of carbonyl (C=O) groups excluding carboxylic acids is 1. The zero-order valence-electron chi connectivity index (χ0n) is 13.4. The van der Waals surface area contributed by atoms with E-state index in [-0.39, 0.29) is 11.9 Å². The summed E-state index contributed by atoms with van der Waals surface area (Å²) in [5, 5.41) is 3.13. The molecule has 5 heteroatoms. The molecule has 126 valence electrons. The maximum Gasteiger partial charge on any atom is 0.231 e. The van der Waals surface area contributed by atoms with Gasteiger partial charge in [0.15, 0.2) is 0 Å². The van der Waals surface area contributed by atoms with Crippen molar-refractivity contribution in [1.29, 1.82) is 0 Å². The average Bonchev–Trinajstić information content (AvgIpc) is 2.67. The summed E-state index contributed by atoms with van der Waals surface area (Å²) >= 11 is 4.94. The third-order valence-electron chi connectivity index (χ3n) is 3.66. The van der Waals surface area contributed by atoms with Crippen LogP contribution in [0.15, 0.2) is 88.5 Å². The molecule has 3 rings (SSSR count). The average molecular weight is 413 g/mol. The SMILES string of the molecule is O=C(CSc1ccc(Br)cc1)NC(c1ccccc1)c1ccncc1. The van der Waals surface area contributed by atoms with E-state index in [0.29, 0.717) is 5.75 Å². The third-order valence-corrected chi connectivity index (χ3v) is 5.20. The van der Waals surface area contributed by atoms with Gasteiger partial charge in [0.05, 0.1) is 11.8 Å². The Hall–Kier alpha value is -2.11. The van der Waals surface area contributed by atoms with E-state index in [1.165, 1.54) is 11.8 Å². The van der Waals surface area contributed by atoms with Crippen molar-refractivity contribution < 1.29 is 4.79 Å². The van der Waals surface area contributed by atoms with E-state index in [1.54, 1.807) is 12.4 Å². The third kappa shape index (κ3) is 5.18. The van der Waals surface area contributed by atoms with Crippen molar-refractivity contribution in [2.75, 3.05) is 5.75 Å². The Morgan fingerprint density at radius 3 is 2.28 bits per heavy atom. The van der Waals surface area contributed by atoms with Gasteiger partial charge < -0.3 is 5.32 Å². The highest BCUT2D eigenvalue weighted by atomic mass is 79.9. The fourth-order valence-corrected chi connectivity index (χ4v) is 3.42. The smallest absolute Gasteiger partial charge is 0.231 e. The fourth-order valence-electron chi connectivity index (χ4n) is 2.44. The zero-order valence-corrected chi connectivity index (χ0v) is 15.8. The number of nitrogens with one attached hydrogen (secondary N) is 1. The second-order valence-electron chi connectivity index (χ2n) is 5.43. The van der Waals surface area contributed by atoms with Crippen LogP contribution < -0.4 is 5.32 Å². The lowest BCUT2D eigenvalue weighted by molar-refractivity contribution is -0.119.